The second kappa shape index (κ2) is 7.87. The first-order chi connectivity index (χ1) is 14.2. The largest absolute Gasteiger partial charge is 0.416 e. The highest BCUT2D eigenvalue weighted by molar-refractivity contribution is 5.98. The van der Waals surface area contributed by atoms with Gasteiger partial charge in [0.2, 0.25) is 5.91 Å². The Morgan fingerprint density at radius 3 is 2.43 bits per heavy atom. The fourth-order valence-electron chi connectivity index (χ4n) is 4.88. The molecule has 1 aromatic carbocycles. The van der Waals surface area contributed by atoms with Gasteiger partial charge in [0.15, 0.2) is 0 Å². The minimum atomic E-state index is -4.54. The maximum atomic E-state index is 13.5. The first kappa shape index (κ1) is 21.2. The van der Waals surface area contributed by atoms with Crippen molar-refractivity contribution in [3.05, 3.63) is 35.4 Å². The van der Waals surface area contributed by atoms with Crippen LogP contribution in [0.2, 0.25) is 0 Å². The fourth-order valence-corrected chi connectivity index (χ4v) is 4.88. The van der Waals surface area contributed by atoms with Gasteiger partial charge in [-0.1, -0.05) is 13.0 Å². The molecule has 3 fully saturated rings. The molecule has 4 rings (SSSR count). The van der Waals surface area contributed by atoms with E-state index < -0.39 is 29.4 Å². The van der Waals surface area contributed by atoms with Gasteiger partial charge < -0.3 is 9.64 Å². The minimum absolute atomic E-state index is 0.0625. The van der Waals surface area contributed by atoms with Crippen LogP contribution in [0.3, 0.4) is 0 Å². The van der Waals surface area contributed by atoms with Crippen LogP contribution in [0.4, 0.5) is 13.2 Å². The Kier molecular flexibility index (Phi) is 5.55. The lowest BCUT2D eigenvalue weighted by atomic mass is 9.83. The SMILES string of the molecule is CC1CCC2(CC1)OC[C@@H](C(=O)N1CCCC1)N2C(=O)c1cccc(C(F)(F)F)c1. The Bertz CT molecular complexity index is 812. The van der Waals surface area contributed by atoms with Gasteiger partial charge in [0.05, 0.1) is 12.2 Å². The van der Waals surface area contributed by atoms with Crippen LogP contribution in [0, 0.1) is 5.92 Å². The monoisotopic (exact) mass is 424 g/mol. The molecule has 1 atom stereocenters. The van der Waals surface area contributed by atoms with E-state index in [4.69, 9.17) is 4.74 Å². The maximum absolute atomic E-state index is 13.5. The molecular weight excluding hydrogens is 397 g/mol. The summed E-state index contributed by atoms with van der Waals surface area (Å²) in [6.07, 6.45) is 0.160. The van der Waals surface area contributed by atoms with E-state index in [2.05, 4.69) is 6.92 Å². The molecule has 2 saturated heterocycles. The Hall–Kier alpha value is -2.09. The summed E-state index contributed by atoms with van der Waals surface area (Å²) in [6.45, 7) is 3.51. The van der Waals surface area contributed by atoms with Crippen LogP contribution in [0.1, 0.15) is 61.4 Å². The van der Waals surface area contributed by atoms with E-state index in [1.54, 1.807) is 4.90 Å². The lowest BCUT2D eigenvalue weighted by Gasteiger charge is -2.43. The highest BCUT2D eigenvalue weighted by Crippen LogP contribution is 2.43. The van der Waals surface area contributed by atoms with Crippen molar-refractivity contribution in [3.63, 3.8) is 0 Å². The Morgan fingerprint density at radius 1 is 1.13 bits per heavy atom. The van der Waals surface area contributed by atoms with E-state index in [9.17, 15) is 22.8 Å². The van der Waals surface area contributed by atoms with Gasteiger partial charge in [0.1, 0.15) is 11.8 Å². The third-order valence-corrected chi connectivity index (χ3v) is 6.67. The zero-order valence-corrected chi connectivity index (χ0v) is 17.1. The Labute approximate surface area is 174 Å². The fraction of sp³-hybridized carbons (Fsp3) is 0.636. The molecule has 8 heteroatoms. The summed E-state index contributed by atoms with van der Waals surface area (Å²) in [7, 11) is 0. The van der Waals surface area contributed by atoms with Gasteiger partial charge in [-0.05, 0) is 62.6 Å². The van der Waals surface area contributed by atoms with Gasteiger partial charge >= 0.3 is 6.18 Å². The average Bonchev–Trinajstić information content (AvgIpc) is 3.38. The predicted molar refractivity (Wildman–Crippen MR) is 104 cm³/mol. The Morgan fingerprint density at radius 2 is 1.80 bits per heavy atom. The average molecular weight is 424 g/mol. The summed E-state index contributed by atoms with van der Waals surface area (Å²) >= 11 is 0. The van der Waals surface area contributed by atoms with Crippen molar-refractivity contribution in [1.29, 1.82) is 0 Å². The summed E-state index contributed by atoms with van der Waals surface area (Å²) in [6, 6.07) is 3.64. The summed E-state index contributed by atoms with van der Waals surface area (Å²) in [5.41, 5.74) is -1.85. The van der Waals surface area contributed by atoms with E-state index in [0.717, 1.165) is 37.8 Å². The maximum Gasteiger partial charge on any atom is 0.416 e. The zero-order valence-electron chi connectivity index (χ0n) is 17.1. The summed E-state index contributed by atoms with van der Waals surface area (Å²) < 4.78 is 45.7. The number of benzene rings is 1. The lowest BCUT2D eigenvalue weighted by Crippen LogP contribution is -2.57. The van der Waals surface area contributed by atoms with Crippen molar-refractivity contribution in [1.82, 2.24) is 9.80 Å². The first-order valence-electron chi connectivity index (χ1n) is 10.6. The molecule has 5 nitrogen and oxygen atoms in total. The number of hydrogen-bond acceptors (Lipinski definition) is 3. The van der Waals surface area contributed by atoms with Gasteiger partial charge in [-0.25, -0.2) is 0 Å². The third kappa shape index (κ3) is 3.82. The van der Waals surface area contributed by atoms with Crippen LogP contribution >= 0.6 is 0 Å². The highest BCUT2D eigenvalue weighted by Gasteiger charge is 2.54. The molecule has 1 spiro atoms. The highest BCUT2D eigenvalue weighted by atomic mass is 19.4. The van der Waals surface area contributed by atoms with Crippen molar-refractivity contribution in [2.75, 3.05) is 19.7 Å². The van der Waals surface area contributed by atoms with Gasteiger partial charge in [0, 0.05) is 18.7 Å². The van der Waals surface area contributed by atoms with Crippen LogP contribution in [0.25, 0.3) is 0 Å². The number of amides is 2. The smallest absolute Gasteiger partial charge is 0.353 e. The van der Waals surface area contributed by atoms with Crippen molar-refractivity contribution in [2.45, 2.75) is 63.4 Å². The molecule has 1 saturated carbocycles. The molecule has 0 aromatic heterocycles. The molecule has 2 heterocycles. The number of carbonyl (C=O) groups is 2. The number of carbonyl (C=O) groups excluding carboxylic acids is 2. The quantitative estimate of drug-likeness (QED) is 0.719. The van der Waals surface area contributed by atoms with Crippen molar-refractivity contribution < 1.29 is 27.5 Å². The third-order valence-electron chi connectivity index (χ3n) is 6.67. The van der Waals surface area contributed by atoms with E-state index >= 15 is 0 Å². The molecule has 2 amide bonds. The molecule has 164 valence electrons. The van der Waals surface area contributed by atoms with E-state index in [0.29, 0.717) is 31.8 Å². The molecule has 1 aliphatic carbocycles. The summed E-state index contributed by atoms with van der Waals surface area (Å²) in [5, 5.41) is 0. The molecule has 0 radical (unpaired) electrons. The van der Waals surface area contributed by atoms with E-state index in [-0.39, 0.29) is 18.1 Å². The second-order valence-electron chi connectivity index (χ2n) is 8.74. The van der Waals surface area contributed by atoms with Crippen LogP contribution in [-0.2, 0) is 15.7 Å². The van der Waals surface area contributed by atoms with Gasteiger partial charge in [-0.15, -0.1) is 0 Å². The molecule has 30 heavy (non-hydrogen) atoms. The van der Waals surface area contributed by atoms with E-state index in [1.165, 1.54) is 17.0 Å². The van der Waals surface area contributed by atoms with E-state index in [1.807, 2.05) is 0 Å². The number of alkyl halides is 3. The van der Waals surface area contributed by atoms with Gasteiger partial charge in [0.25, 0.3) is 5.91 Å². The molecule has 0 unspecified atom stereocenters. The molecule has 0 bridgehead atoms. The van der Waals surface area contributed by atoms with Crippen LogP contribution < -0.4 is 0 Å². The van der Waals surface area contributed by atoms with Crippen LogP contribution in [-0.4, -0.2) is 53.1 Å². The number of hydrogen-bond donors (Lipinski definition) is 0. The Balaban J connectivity index is 1.68. The van der Waals surface area contributed by atoms with Gasteiger partial charge in [-0.2, -0.15) is 13.2 Å². The number of likely N-dealkylation sites (tertiary alicyclic amines) is 1. The number of nitrogens with zero attached hydrogens (tertiary/aromatic N) is 2. The molecule has 2 aliphatic heterocycles. The summed E-state index contributed by atoms with van der Waals surface area (Å²) in [4.78, 5) is 29.9. The second-order valence-corrected chi connectivity index (χ2v) is 8.74. The van der Waals surface area contributed by atoms with Crippen LogP contribution in [0.15, 0.2) is 24.3 Å². The molecule has 3 aliphatic rings. The first-order valence-corrected chi connectivity index (χ1v) is 10.6. The minimum Gasteiger partial charge on any atom is -0.353 e. The lowest BCUT2D eigenvalue weighted by molar-refractivity contribution is -0.138. The topological polar surface area (TPSA) is 49.9 Å². The molecule has 0 N–H and O–H groups in total. The standard InChI is InChI=1S/C22H27F3N2O3/c1-15-7-9-21(10-8-15)27(18(14-30-21)20(29)26-11-2-3-12-26)19(28)16-5-4-6-17(13-16)22(23,24)25/h4-6,13,15,18H,2-3,7-12,14H2,1H3/t15?,18-,21?/m0/s1. The van der Waals surface area contributed by atoms with Crippen molar-refractivity contribution >= 4 is 11.8 Å². The number of halogens is 3. The zero-order chi connectivity index (χ0) is 21.5. The summed E-state index contributed by atoms with van der Waals surface area (Å²) in [5.74, 6) is -0.243. The molecule has 1 aromatic rings. The van der Waals surface area contributed by atoms with Crippen LogP contribution in [0.5, 0.6) is 0 Å². The van der Waals surface area contributed by atoms with Crippen molar-refractivity contribution in [3.8, 4) is 0 Å². The normalized spacial score (nSPS) is 29.6. The molecular formula is C22H27F3N2O3. The predicted octanol–water partition coefficient (Wildman–Crippen LogP) is 4.08. The number of ether oxygens (including phenoxy) is 1. The van der Waals surface area contributed by atoms with Gasteiger partial charge in [-0.3, -0.25) is 14.5 Å². The van der Waals surface area contributed by atoms with Crippen molar-refractivity contribution in [2.24, 2.45) is 5.92 Å². The number of rotatable bonds is 2.